The van der Waals surface area contributed by atoms with Gasteiger partial charge in [0, 0.05) is 10.4 Å². The molecule has 0 bridgehead atoms. The molecule has 0 saturated heterocycles. The minimum atomic E-state index is -0.0475. The summed E-state index contributed by atoms with van der Waals surface area (Å²) in [6.07, 6.45) is 1.59. The summed E-state index contributed by atoms with van der Waals surface area (Å²) in [6.45, 7) is 0.682. The molecule has 1 N–H and O–H groups in total. The van der Waals surface area contributed by atoms with Crippen LogP contribution in [0, 0.1) is 0 Å². The molecular weight excluding hydrogens is 352 g/mol. The summed E-state index contributed by atoms with van der Waals surface area (Å²) in [5.41, 5.74) is 1.22. The molecular formula is C19H14N2O2S2. The Balaban J connectivity index is 1.67. The summed E-state index contributed by atoms with van der Waals surface area (Å²) in [5.74, 6) is 0.549. The number of hydrogen-bond acceptors (Lipinski definition) is 6. The Morgan fingerprint density at radius 2 is 1.96 bits per heavy atom. The fourth-order valence-electron chi connectivity index (χ4n) is 2.43. The molecule has 0 spiro atoms. The van der Waals surface area contributed by atoms with Crippen LogP contribution < -0.4 is 5.32 Å². The van der Waals surface area contributed by atoms with Crippen LogP contribution in [0.5, 0.6) is 0 Å². The van der Waals surface area contributed by atoms with E-state index in [1.807, 2.05) is 47.8 Å². The number of benzene rings is 1. The number of thiazole rings is 1. The molecule has 0 saturated carbocycles. The topological polar surface area (TPSA) is 55.1 Å². The maximum Gasteiger partial charge on any atom is 0.205 e. The molecule has 0 fully saturated rings. The van der Waals surface area contributed by atoms with Crippen LogP contribution in [0.1, 0.15) is 20.1 Å². The lowest BCUT2D eigenvalue weighted by atomic mass is 10.1. The molecule has 124 valence electrons. The average Bonchev–Trinajstić information content (AvgIpc) is 3.41. The number of carbonyl (C=O) groups is 1. The monoisotopic (exact) mass is 366 g/mol. The van der Waals surface area contributed by atoms with Crippen molar-refractivity contribution in [1.29, 1.82) is 0 Å². The van der Waals surface area contributed by atoms with Gasteiger partial charge in [-0.3, -0.25) is 4.79 Å². The van der Waals surface area contributed by atoms with Gasteiger partial charge in [0.05, 0.1) is 12.8 Å². The molecule has 0 aliphatic rings. The first-order chi connectivity index (χ1) is 12.3. The lowest BCUT2D eigenvalue weighted by molar-refractivity contribution is 0.104. The number of nitrogens with zero attached hydrogens (tertiary/aromatic N) is 1. The van der Waals surface area contributed by atoms with E-state index in [4.69, 9.17) is 4.42 Å². The first kappa shape index (κ1) is 15.8. The Morgan fingerprint density at radius 3 is 2.68 bits per heavy atom. The van der Waals surface area contributed by atoms with E-state index in [1.165, 1.54) is 16.2 Å². The van der Waals surface area contributed by atoms with Crippen LogP contribution in [0.25, 0.3) is 11.5 Å². The number of anilines is 1. The minimum Gasteiger partial charge on any atom is -0.463 e. The molecule has 4 nitrogen and oxygen atoms in total. The summed E-state index contributed by atoms with van der Waals surface area (Å²) < 4.78 is 5.48. The van der Waals surface area contributed by atoms with Crippen molar-refractivity contribution in [2.75, 3.05) is 5.32 Å². The summed E-state index contributed by atoms with van der Waals surface area (Å²) in [4.78, 5) is 19.3. The minimum absolute atomic E-state index is 0.0475. The third-order valence-corrected chi connectivity index (χ3v) is 5.51. The fourth-order valence-corrected chi connectivity index (χ4v) is 4.00. The number of aromatic nitrogens is 1. The van der Waals surface area contributed by atoms with E-state index in [-0.39, 0.29) is 5.78 Å². The molecule has 0 amide bonds. The van der Waals surface area contributed by atoms with E-state index in [0.717, 1.165) is 0 Å². The number of nitrogens with one attached hydrogen (secondary N) is 1. The second-order valence-electron chi connectivity index (χ2n) is 5.30. The molecule has 0 unspecified atom stereocenters. The zero-order chi connectivity index (χ0) is 17.1. The Hall–Kier alpha value is -2.70. The molecule has 3 heterocycles. The first-order valence-corrected chi connectivity index (χ1v) is 9.41. The molecule has 25 heavy (non-hydrogen) atoms. The zero-order valence-electron chi connectivity index (χ0n) is 13.1. The molecule has 0 radical (unpaired) electrons. The number of ketones is 1. The summed E-state index contributed by atoms with van der Waals surface area (Å²) in [7, 11) is 0. The predicted octanol–water partition coefficient (Wildman–Crippen LogP) is 5.31. The van der Waals surface area contributed by atoms with Gasteiger partial charge in [0.25, 0.3) is 0 Å². The van der Waals surface area contributed by atoms with Crippen molar-refractivity contribution in [3.63, 3.8) is 0 Å². The highest BCUT2D eigenvalue weighted by Gasteiger charge is 2.22. The van der Waals surface area contributed by atoms with Crippen molar-refractivity contribution < 1.29 is 9.21 Å². The van der Waals surface area contributed by atoms with Gasteiger partial charge in [-0.05, 0) is 23.6 Å². The van der Waals surface area contributed by atoms with Crippen molar-refractivity contribution in [3.8, 4) is 11.5 Å². The van der Waals surface area contributed by atoms with Gasteiger partial charge >= 0.3 is 0 Å². The van der Waals surface area contributed by atoms with Crippen molar-refractivity contribution in [3.05, 3.63) is 81.6 Å². The Kier molecular flexibility index (Phi) is 4.45. The van der Waals surface area contributed by atoms with Gasteiger partial charge < -0.3 is 9.73 Å². The molecule has 0 atom stereocenters. The van der Waals surface area contributed by atoms with Gasteiger partial charge in [-0.25, -0.2) is 4.98 Å². The average molecular weight is 366 g/mol. The van der Waals surface area contributed by atoms with E-state index in [2.05, 4.69) is 16.4 Å². The predicted molar refractivity (Wildman–Crippen MR) is 101 cm³/mol. The van der Waals surface area contributed by atoms with Gasteiger partial charge in [0.15, 0.2) is 10.9 Å². The quantitative estimate of drug-likeness (QED) is 0.470. The Morgan fingerprint density at radius 1 is 1.08 bits per heavy atom. The lowest BCUT2D eigenvalue weighted by Crippen LogP contribution is -2.00. The molecule has 0 aliphatic carbocycles. The highest BCUT2D eigenvalue weighted by molar-refractivity contribution is 7.18. The van der Waals surface area contributed by atoms with Crippen molar-refractivity contribution in [2.24, 2.45) is 0 Å². The van der Waals surface area contributed by atoms with E-state index in [0.29, 0.717) is 33.6 Å². The largest absolute Gasteiger partial charge is 0.463 e. The van der Waals surface area contributed by atoms with Gasteiger partial charge in [0.1, 0.15) is 10.6 Å². The third-order valence-electron chi connectivity index (χ3n) is 3.62. The second-order valence-corrected chi connectivity index (χ2v) is 7.33. The number of furan rings is 1. The van der Waals surface area contributed by atoms with E-state index < -0.39 is 0 Å². The Labute approximate surface area is 152 Å². The lowest BCUT2D eigenvalue weighted by Gasteiger charge is -1.99. The SMILES string of the molecule is O=C(c1ccccc1)c1sc(NCc2cccs2)nc1-c1ccco1. The maximum atomic E-state index is 12.9. The van der Waals surface area contributed by atoms with Crippen molar-refractivity contribution in [2.45, 2.75) is 6.54 Å². The van der Waals surface area contributed by atoms with Gasteiger partial charge in [-0.1, -0.05) is 47.7 Å². The molecule has 1 aromatic carbocycles. The third kappa shape index (κ3) is 3.40. The summed E-state index contributed by atoms with van der Waals surface area (Å²) in [6, 6.07) is 16.9. The number of carbonyl (C=O) groups excluding carboxylic acids is 1. The zero-order valence-corrected chi connectivity index (χ0v) is 14.8. The van der Waals surface area contributed by atoms with Crippen LogP contribution in [0.3, 0.4) is 0 Å². The molecule has 0 aliphatic heterocycles. The smallest absolute Gasteiger partial charge is 0.205 e. The van der Waals surface area contributed by atoms with Crippen LogP contribution in [0.2, 0.25) is 0 Å². The molecule has 3 aromatic heterocycles. The van der Waals surface area contributed by atoms with Gasteiger partial charge in [-0.2, -0.15) is 0 Å². The van der Waals surface area contributed by atoms with Crippen LogP contribution in [-0.4, -0.2) is 10.8 Å². The van der Waals surface area contributed by atoms with E-state index in [9.17, 15) is 4.79 Å². The van der Waals surface area contributed by atoms with Crippen LogP contribution in [0.4, 0.5) is 5.13 Å². The Bertz CT molecular complexity index is 958. The molecule has 4 rings (SSSR count). The normalized spacial score (nSPS) is 10.7. The second kappa shape index (κ2) is 7.04. The highest BCUT2D eigenvalue weighted by atomic mass is 32.1. The van der Waals surface area contributed by atoms with Crippen LogP contribution >= 0.6 is 22.7 Å². The van der Waals surface area contributed by atoms with Crippen LogP contribution in [-0.2, 0) is 6.54 Å². The fraction of sp³-hybridized carbons (Fsp3) is 0.0526. The van der Waals surface area contributed by atoms with Crippen LogP contribution in [0.15, 0.2) is 70.7 Å². The number of thiophene rings is 1. The van der Waals surface area contributed by atoms with Crippen molar-refractivity contribution >= 4 is 33.6 Å². The van der Waals surface area contributed by atoms with Crippen molar-refractivity contribution in [1.82, 2.24) is 4.98 Å². The van der Waals surface area contributed by atoms with E-state index in [1.54, 1.807) is 23.7 Å². The van der Waals surface area contributed by atoms with Gasteiger partial charge in [0.2, 0.25) is 5.78 Å². The summed E-state index contributed by atoms with van der Waals surface area (Å²) >= 11 is 3.04. The highest BCUT2D eigenvalue weighted by Crippen LogP contribution is 2.33. The molecule has 4 aromatic rings. The first-order valence-electron chi connectivity index (χ1n) is 7.72. The summed E-state index contributed by atoms with van der Waals surface area (Å²) in [5, 5.41) is 6.05. The van der Waals surface area contributed by atoms with Gasteiger partial charge in [-0.15, -0.1) is 11.3 Å². The number of rotatable bonds is 6. The number of hydrogen-bond donors (Lipinski definition) is 1. The maximum absolute atomic E-state index is 12.9. The van der Waals surface area contributed by atoms with E-state index >= 15 is 0 Å². The molecule has 6 heteroatoms. The standard InChI is InChI=1S/C19H14N2O2S2/c22-17(13-6-2-1-3-7-13)18-16(15-9-4-10-23-15)21-19(25-18)20-12-14-8-5-11-24-14/h1-11H,12H2,(H,20,21).